The average Bonchev–Trinajstić information content (AvgIpc) is 2.98. The number of anilines is 3. The zero-order valence-electron chi connectivity index (χ0n) is 21.8. The number of carbonyl (C=O) groups excluding carboxylic acids is 1. The maximum absolute atomic E-state index is 14.9. The average molecular weight is 565 g/mol. The van der Waals surface area contributed by atoms with Gasteiger partial charge >= 0.3 is 6.09 Å². The number of hydrogen-bond acceptors (Lipinski definition) is 9. The van der Waals surface area contributed by atoms with Gasteiger partial charge in [-0.2, -0.15) is 10.2 Å². The van der Waals surface area contributed by atoms with Crippen molar-refractivity contribution in [3.8, 4) is 23.2 Å². The van der Waals surface area contributed by atoms with Crippen LogP contribution in [0.5, 0.6) is 5.75 Å². The Hall–Kier alpha value is -5.06. The lowest BCUT2D eigenvalue weighted by Crippen LogP contribution is -2.48. The maximum atomic E-state index is 14.9. The first-order valence-electron chi connectivity index (χ1n) is 12.9. The van der Waals surface area contributed by atoms with Crippen LogP contribution in [0.2, 0.25) is 0 Å². The van der Waals surface area contributed by atoms with Crippen molar-refractivity contribution in [1.29, 1.82) is 5.26 Å². The van der Waals surface area contributed by atoms with Gasteiger partial charge in [0.05, 0.1) is 17.8 Å². The van der Waals surface area contributed by atoms with E-state index in [2.05, 4.69) is 26.3 Å². The molecule has 2 aliphatic heterocycles. The molecule has 0 spiro atoms. The number of benzene rings is 2. The SMILES string of the molecule is N#Cc1cc(-c2ncnc(Nc3ccc(N4CCN(C(=O)O)CC4)c(F)c3)n2)ccc1OC1CCN(C=O)C[C@@H]1F. The summed E-state index contributed by atoms with van der Waals surface area (Å²) in [7, 11) is 0. The van der Waals surface area contributed by atoms with Crippen molar-refractivity contribution in [2.75, 3.05) is 49.5 Å². The van der Waals surface area contributed by atoms with Crippen LogP contribution in [-0.2, 0) is 4.79 Å². The molecule has 0 bridgehead atoms. The number of nitrogens with zero attached hydrogens (tertiary/aromatic N) is 7. The lowest BCUT2D eigenvalue weighted by atomic mass is 10.1. The number of halogens is 2. The van der Waals surface area contributed by atoms with Crippen molar-refractivity contribution in [2.24, 2.45) is 0 Å². The van der Waals surface area contributed by atoms with Crippen molar-refractivity contribution in [2.45, 2.75) is 18.7 Å². The summed E-state index contributed by atoms with van der Waals surface area (Å²) in [5.74, 6) is 0.144. The summed E-state index contributed by atoms with van der Waals surface area (Å²) in [5, 5.41) is 21.7. The second kappa shape index (κ2) is 12.0. The largest absolute Gasteiger partial charge is 0.486 e. The molecule has 14 heteroatoms. The van der Waals surface area contributed by atoms with Gasteiger partial charge in [0.2, 0.25) is 12.4 Å². The summed E-state index contributed by atoms with van der Waals surface area (Å²) < 4.78 is 35.2. The number of nitriles is 1. The van der Waals surface area contributed by atoms with Gasteiger partial charge in [-0.15, -0.1) is 0 Å². The standard InChI is InChI=1S/C27H26F2N8O4/c28-20-12-19(2-3-22(20)36-7-9-37(10-8-36)27(39)40)33-26-32-15-31-25(34-26)17-1-4-23(18(11-17)13-30)41-24-5-6-35(16-38)14-21(24)29/h1-4,11-12,15-16,21,24H,5-10,14H2,(H,39,40)(H,31,32,33,34)/t21-,24?/m0/s1. The quantitative estimate of drug-likeness (QED) is 0.410. The first-order valence-corrected chi connectivity index (χ1v) is 12.9. The van der Waals surface area contributed by atoms with Crippen LogP contribution in [0.1, 0.15) is 12.0 Å². The zero-order valence-corrected chi connectivity index (χ0v) is 21.8. The summed E-state index contributed by atoms with van der Waals surface area (Å²) in [5.41, 5.74) is 1.44. The Bertz CT molecular complexity index is 1480. The first-order chi connectivity index (χ1) is 19.8. The van der Waals surface area contributed by atoms with Crippen LogP contribution < -0.4 is 15.0 Å². The molecule has 2 amide bonds. The Labute approximate surface area is 233 Å². The number of piperidine rings is 1. The Balaban J connectivity index is 1.27. The summed E-state index contributed by atoms with van der Waals surface area (Å²) in [6.45, 7) is 1.65. The van der Waals surface area contributed by atoms with E-state index >= 15 is 0 Å². The third-order valence-electron chi connectivity index (χ3n) is 6.97. The van der Waals surface area contributed by atoms with Crippen molar-refractivity contribution in [1.82, 2.24) is 24.8 Å². The van der Waals surface area contributed by atoms with Gasteiger partial charge in [0.15, 0.2) is 12.0 Å². The van der Waals surface area contributed by atoms with Gasteiger partial charge in [-0.3, -0.25) is 4.79 Å². The molecule has 1 unspecified atom stereocenters. The molecule has 2 N–H and O–H groups in total. The van der Waals surface area contributed by atoms with Crippen LogP contribution in [0.15, 0.2) is 42.7 Å². The van der Waals surface area contributed by atoms with Crippen molar-refractivity contribution in [3.05, 3.63) is 54.1 Å². The Morgan fingerprint density at radius 1 is 1.15 bits per heavy atom. The number of rotatable bonds is 7. The number of carboxylic acid groups (broad SMARTS) is 1. The predicted octanol–water partition coefficient (Wildman–Crippen LogP) is 3.04. The minimum Gasteiger partial charge on any atom is -0.486 e. The Morgan fingerprint density at radius 2 is 1.95 bits per heavy atom. The van der Waals surface area contributed by atoms with Crippen molar-refractivity contribution >= 4 is 29.8 Å². The van der Waals surface area contributed by atoms with E-state index in [1.807, 2.05) is 0 Å². The van der Waals surface area contributed by atoms with Crippen LogP contribution in [0.4, 0.5) is 30.9 Å². The van der Waals surface area contributed by atoms with Gasteiger partial charge in [-0.05, 0) is 36.4 Å². The monoisotopic (exact) mass is 564 g/mol. The molecule has 2 fully saturated rings. The fourth-order valence-electron chi connectivity index (χ4n) is 4.76. The molecule has 1 aromatic heterocycles. The number of alkyl halides is 1. The molecule has 3 heterocycles. The summed E-state index contributed by atoms with van der Waals surface area (Å²) >= 11 is 0. The number of ether oxygens (including phenoxy) is 1. The van der Waals surface area contributed by atoms with Gasteiger partial charge in [-0.1, -0.05) is 0 Å². The molecule has 2 aliphatic rings. The minimum absolute atomic E-state index is 0.0643. The summed E-state index contributed by atoms with van der Waals surface area (Å²) in [4.78, 5) is 39.1. The molecule has 2 saturated heterocycles. The normalized spacial score (nSPS) is 18.9. The molecule has 5 rings (SSSR count). The van der Waals surface area contributed by atoms with Gasteiger partial charge in [0.1, 0.15) is 30.1 Å². The number of nitrogens with one attached hydrogen (secondary N) is 1. The fourth-order valence-corrected chi connectivity index (χ4v) is 4.76. The molecule has 2 aromatic carbocycles. The second-order valence-corrected chi connectivity index (χ2v) is 9.56. The number of amides is 2. The highest BCUT2D eigenvalue weighted by molar-refractivity contribution is 5.66. The first kappa shape index (κ1) is 27.5. The smallest absolute Gasteiger partial charge is 0.407 e. The second-order valence-electron chi connectivity index (χ2n) is 9.56. The molecule has 212 valence electrons. The predicted molar refractivity (Wildman–Crippen MR) is 143 cm³/mol. The van der Waals surface area contributed by atoms with Crippen molar-refractivity contribution in [3.63, 3.8) is 0 Å². The van der Waals surface area contributed by atoms with E-state index in [-0.39, 0.29) is 29.6 Å². The fraction of sp³-hybridized carbons (Fsp3) is 0.333. The highest BCUT2D eigenvalue weighted by Gasteiger charge is 2.31. The highest BCUT2D eigenvalue weighted by Crippen LogP contribution is 2.29. The highest BCUT2D eigenvalue weighted by atomic mass is 19.1. The molecular weight excluding hydrogens is 538 g/mol. The van der Waals surface area contributed by atoms with Gasteiger partial charge in [0, 0.05) is 50.4 Å². The lowest BCUT2D eigenvalue weighted by Gasteiger charge is -2.34. The van der Waals surface area contributed by atoms with Crippen LogP contribution in [0.3, 0.4) is 0 Å². The Morgan fingerprint density at radius 3 is 2.63 bits per heavy atom. The minimum atomic E-state index is -1.38. The maximum Gasteiger partial charge on any atom is 0.407 e. The van der Waals surface area contributed by atoms with E-state index in [9.17, 15) is 23.6 Å². The molecule has 41 heavy (non-hydrogen) atoms. The van der Waals surface area contributed by atoms with E-state index < -0.39 is 24.2 Å². The molecular formula is C27H26F2N8O4. The number of piperazine rings is 1. The van der Waals surface area contributed by atoms with E-state index in [1.165, 1.54) is 28.3 Å². The van der Waals surface area contributed by atoms with Crippen LogP contribution in [0.25, 0.3) is 11.4 Å². The molecule has 0 radical (unpaired) electrons. The van der Waals surface area contributed by atoms with Gasteiger partial charge < -0.3 is 29.9 Å². The topological polar surface area (TPSA) is 148 Å². The number of hydrogen-bond donors (Lipinski definition) is 2. The van der Waals surface area contributed by atoms with Gasteiger partial charge in [-0.25, -0.2) is 23.5 Å². The zero-order chi connectivity index (χ0) is 28.9. The number of likely N-dealkylation sites (tertiary alicyclic amines) is 1. The van der Waals surface area contributed by atoms with E-state index in [0.29, 0.717) is 62.5 Å². The van der Waals surface area contributed by atoms with Crippen LogP contribution >= 0.6 is 0 Å². The lowest BCUT2D eigenvalue weighted by molar-refractivity contribution is -0.121. The molecule has 2 atom stereocenters. The molecule has 3 aromatic rings. The van der Waals surface area contributed by atoms with E-state index in [0.717, 1.165) is 0 Å². The molecule has 0 saturated carbocycles. The third kappa shape index (κ3) is 6.24. The van der Waals surface area contributed by atoms with E-state index in [4.69, 9.17) is 9.84 Å². The summed E-state index contributed by atoms with van der Waals surface area (Å²) in [6, 6.07) is 11.4. The third-order valence-corrected chi connectivity index (χ3v) is 6.97. The van der Waals surface area contributed by atoms with Gasteiger partial charge in [0.25, 0.3) is 0 Å². The molecule has 12 nitrogen and oxygen atoms in total. The van der Waals surface area contributed by atoms with Crippen LogP contribution in [-0.4, -0.2) is 93.9 Å². The van der Waals surface area contributed by atoms with Crippen LogP contribution in [0, 0.1) is 17.1 Å². The van der Waals surface area contributed by atoms with Crippen molar-refractivity contribution < 1.29 is 28.2 Å². The van der Waals surface area contributed by atoms with E-state index in [1.54, 1.807) is 29.2 Å². The number of aromatic nitrogens is 3. The summed E-state index contributed by atoms with van der Waals surface area (Å²) in [6.07, 6.45) is -0.955. The number of carbonyl (C=O) groups is 2. The Kier molecular flexibility index (Phi) is 8.04. The molecule has 0 aliphatic carbocycles.